The number of aliphatic hydroxyl groups excluding tert-OH is 1. The number of fused-ring (bicyclic) bond motifs is 1. The molecule has 3 rings (SSSR count). The highest BCUT2D eigenvalue weighted by Gasteiger charge is 2.38. The minimum Gasteiger partial charge on any atom is -0.393 e. The Kier molecular flexibility index (Phi) is 4.61. The Hall–Kier alpha value is -0.610. The average Bonchev–Trinajstić information content (AvgIpc) is 2.90. The molecule has 1 heterocycles. The van der Waals surface area contributed by atoms with Crippen molar-refractivity contribution in [3.63, 3.8) is 0 Å². The van der Waals surface area contributed by atoms with Crippen LogP contribution in [0.4, 0.5) is 0 Å². The second-order valence-electron chi connectivity index (χ2n) is 6.96. The molecule has 0 aromatic carbocycles. The number of carbonyl (C=O) groups is 1. The molecule has 0 spiro atoms. The van der Waals surface area contributed by atoms with Gasteiger partial charge in [0.2, 0.25) is 5.91 Å². The number of hydrogen-bond donors (Lipinski definition) is 3. The molecular weight excluding hydrogens is 252 g/mol. The largest absolute Gasteiger partial charge is 0.393 e. The first-order valence-electron chi connectivity index (χ1n) is 8.46. The molecule has 114 valence electrons. The maximum absolute atomic E-state index is 12.3. The van der Waals surface area contributed by atoms with Crippen molar-refractivity contribution in [3.8, 4) is 0 Å². The lowest BCUT2D eigenvalue weighted by Gasteiger charge is -2.28. The van der Waals surface area contributed by atoms with Crippen molar-refractivity contribution >= 4 is 5.91 Å². The molecule has 0 radical (unpaired) electrons. The second kappa shape index (κ2) is 6.44. The molecular formula is C16H28N2O2. The number of nitrogens with one attached hydrogen (secondary N) is 2. The van der Waals surface area contributed by atoms with Crippen molar-refractivity contribution in [1.82, 2.24) is 10.6 Å². The SMILES string of the molecule is O=C(NCC1CCCCC1O)C1CC2CCCCC2N1. The fourth-order valence-electron chi connectivity index (χ4n) is 4.30. The van der Waals surface area contributed by atoms with Crippen LogP contribution < -0.4 is 10.6 Å². The van der Waals surface area contributed by atoms with Crippen LogP contribution in [-0.4, -0.2) is 35.7 Å². The molecule has 4 nitrogen and oxygen atoms in total. The number of amides is 1. The predicted molar refractivity (Wildman–Crippen MR) is 78.3 cm³/mol. The molecule has 2 aliphatic carbocycles. The van der Waals surface area contributed by atoms with Crippen molar-refractivity contribution in [2.24, 2.45) is 11.8 Å². The van der Waals surface area contributed by atoms with E-state index >= 15 is 0 Å². The summed E-state index contributed by atoms with van der Waals surface area (Å²) in [5, 5.41) is 16.5. The molecule has 20 heavy (non-hydrogen) atoms. The van der Waals surface area contributed by atoms with E-state index in [2.05, 4.69) is 10.6 Å². The van der Waals surface area contributed by atoms with Crippen LogP contribution >= 0.6 is 0 Å². The smallest absolute Gasteiger partial charge is 0.237 e. The summed E-state index contributed by atoms with van der Waals surface area (Å²) in [5.74, 6) is 1.12. The van der Waals surface area contributed by atoms with Gasteiger partial charge in [0.1, 0.15) is 0 Å². The Labute approximate surface area is 121 Å². The van der Waals surface area contributed by atoms with Crippen LogP contribution in [0.5, 0.6) is 0 Å². The van der Waals surface area contributed by atoms with Gasteiger partial charge in [0, 0.05) is 18.5 Å². The third kappa shape index (κ3) is 3.17. The Bertz CT molecular complexity index is 333. The first kappa shape index (κ1) is 14.3. The molecule has 0 aromatic heterocycles. The quantitative estimate of drug-likeness (QED) is 0.735. The second-order valence-corrected chi connectivity index (χ2v) is 6.96. The zero-order valence-electron chi connectivity index (χ0n) is 12.3. The van der Waals surface area contributed by atoms with E-state index < -0.39 is 0 Å². The van der Waals surface area contributed by atoms with E-state index in [0.717, 1.165) is 25.7 Å². The van der Waals surface area contributed by atoms with Crippen LogP contribution in [0, 0.1) is 11.8 Å². The van der Waals surface area contributed by atoms with Crippen molar-refractivity contribution < 1.29 is 9.90 Å². The molecule has 1 aliphatic heterocycles. The number of aliphatic hydroxyl groups is 1. The summed E-state index contributed by atoms with van der Waals surface area (Å²) in [6.07, 6.45) is 10.2. The topological polar surface area (TPSA) is 61.4 Å². The summed E-state index contributed by atoms with van der Waals surface area (Å²) in [6.45, 7) is 0.646. The Morgan fingerprint density at radius 1 is 1.10 bits per heavy atom. The van der Waals surface area contributed by atoms with Gasteiger partial charge in [-0.05, 0) is 38.0 Å². The van der Waals surface area contributed by atoms with E-state index in [9.17, 15) is 9.90 Å². The molecule has 1 amide bonds. The number of rotatable bonds is 3. The third-order valence-corrected chi connectivity index (χ3v) is 5.59. The molecule has 2 saturated carbocycles. The summed E-state index contributed by atoms with van der Waals surface area (Å²) in [4.78, 5) is 12.3. The average molecular weight is 280 g/mol. The van der Waals surface area contributed by atoms with E-state index in [1.54, 1.807) is 0 Å². The third-order valence-electron chi connectivity index (χ3n) is 5.59. The molecule has 3 aliphatic rings. The highest BCUT2D eigenvalue weighted by Crippen LogP contribution is 2.33. The lowest BCUT2D eigenvalue weighted by Crippen LogP contribution is -2.46. The lowest BCUT2D eigenvalue weighted by molar-refractivity contribution is -0.123. The van der Waals surface area contributed by atoms with Gasteiger partial charge in [-0.3, -0.25) is 4.79 Å². The fraction of sp³-hybridized carbons (Fsp3) is 0.938. The Balaban J connectivity index is 1.45. The van der Waals surface area contributed by atoms with Gasteiger partial charge in [-0.2, -0.15) is 0 Å². The zero-order chi connectivity index (χ0) is 13.9. The molecule has 0 aromatic rings. The van der Waals surface area contributed by atoms with Crippen molar-refractivity contribution in [2.45, 2.75) is 76.0 Å². The maximum atomic E-state index is 12.3. The Morgan fingerprint density at radius 3 is 2.65 bits per heavy atom. The molecule has 5 atom stereocenters. The first-order valence-corrected chi connectivity index (χ1v) is 8.46. The minimum atomic E-state index is -0.219. The van der Waals surface area contributed by atoms with Gasteiger partial charge in [0.25, 0.3) is 0 Å². The molecule has 5 unspecified atom stereocenters. The minimum absolute atomic E-state index is 0.00355. The van der Waals surface area contributed by atoms with Crippen LogP contribution in [-0.2, 0) is 4.79 Å². The summed E-state index contributed by atoms with van der Waals surface area (Å²) >= 11 is 0. The van der Waals surface area contributed by atoms with E-state index in [1.807, 2.05) is 0 Å². The van der Waals surface area contributed by atoms with Gasteiger partial charge in [0.05, 0.1) is 12.1 Å². The van der Waals surface area contributed by atoms with Gasteiger partial charge in [-0.15, -0.1) is 0 Å². The number of carbonyl (C=O) groups excluding carboxylic acids is 1. The Morgan fingerprint density at radius 2 is 1.85 bits per heavy atom. The van der Waals surface area contributed by atoms with Gasteiger partial charge >= 0.3 is 0 Å². The van der Waals surface area contributed by atoms with E-state index in [0.29, 0.717) is 18.5 Å². The van der Waals surface area contributed by atoms with E-state index in [-0.39, 0.29) is 24.0 Å². The van der Waals surface area contributed by atoms with Gasteiger partial charge < -0.3 is 15.7 Å². The summed E-state index contributed by atoms with van der Waals surface area (Å²) in [7, 11) is 0. The normalized spacial score (nSPS) is 41.1. The standard InChI is InChI=1S/C16H28N2O2/c19-15-8-4-2-6-12(15)10-17-16(20)14-9-11-5-1-3-7-13(11)18-14/h11-15,18-19H,1-10H2,(H,17,20). The summed E-state index contributed by atoms with van der Waals surface area (Å²) in [5.41, 5.74) is 0. The highest BCUT2D eigenvalue weighted by atomic mass is 16.3. The predicted octanol–water partition coefficient (Wildman–Crippen LogP) is 1.57. The van der Waals surface area contributed by atoms with E-state index in [1.165, 1.54) is 32.1 Å². The first-order chi connectivity index (χ1) is 9.74. The molecule has 0 bridgehead atoms. The number of hydrogen-bond acceptors (Lipinski definition) is 3. The van der Waals surface area contributed by atoms with Crippen molar-refractivity contribution in [2.75, 3.05) is 6.54 Å². The summed E-state index contributed by atoms with van der Waals surface area (Å²) in [6, 6.07) is 0.573. The van der Waals surface area contributed by atoms with Gasteiger partial charge in [0.15, 0.2) is 0 Å². The van der Waals surface area contributed by atoms with Crippen LogP contribution in [0.25, 0.3) is 0 Å². The van der Waals surface area contributed by atoms with Crippen LogP contribution in [0.1, 0.15) is 57.8 Å². The lowest BCUT2D eigenvalue weighted by atomic mass is 9.85. The van der Waals surface area contributed by atoms with Crippen LogP contribution in [0.15, 0.2) is 0 Å². The van der Waals surface area contributed by atoms with Crippen molar-refractivity contribution in [1.29, 1.82) is 0 Å². The van der Waals surface area contributed by atoms with Gasteiger partial charge in [-0.1, -0.05) is 25.7 Å². The van der Waals surface area contributed by atoms with Crippen molar-refractivity contribution in [3.05, 3.63) is 0 Å². The zero-order valence-corrected chi connectivity index (χ0v) is 12.3. The van der Waals surface area contributed by atoms with Gasteiger partial charge in [-0.25, -0.2) is 0 Å². The monoisotopic (exact) mass is 280 g/mol. The van der Waals surface area contributed by atoms with Crippen LogP contribution in [0.2, 0.25) is 0 Å². The van der Waals surface area contributed by atoms with Crippen LogP contribution in [0.3, 0.4) is 0 Å². The molecule has 3 N–H and O–H groups in total. The fourth-order valence-corrected chi connectivity index (χ4v) is 4.30. The van der Waals surface area contributed by atoms with E-state index in [4.69, 9.17) is 0 Å². The highest BCUT2D eigenvalue weighted by molar-refractivity contribution is 5.82. The molecule has 4 heteroatoms. The maximum Gasteiger partial charge on any atom is 0.237 e. The summed E-state index contributed by atoms with van der Waals surface area (Å²) < 4.78 is 0. The molecule has 3 fully saturated rings. The molecule has 1 saturated heterocycles.